The van der Waals surface area contributed by atoms with Crippen molar-refractivity contribution in [1.82, 2.24) is 14.4 Å². The van der Waals surface area contributed by atoms with E-state index in [9.17, 15) is 9.59 Å². The van der Waals surface area contributed by atoms with Crippen LogP contribution in [-0.4, -0.2) is 52.0 Å². The molecule has 0 aliphatic carbocycles. The van der Waals surface area contributed by atoms with Crippen molar-refractivity contribution >= 4 is 5.91 Å². The molecule has 4 heterocycles. The quantitative estimate of drug-likeness (QED) is 0.799. The maximum atomic E-state index is 13.4. The van der Waals surface area contributed by atoms with Crippen molar-refractivity contribution in [2.45, 2.75) is 77.9 Å². The molecular formula is C23H35N3O2. The van der Waals surface area contributed by atoms with Gasteiger partial charge in [-0.1, -0.05) is 19.8 Å². The SMILES string of the molecule is CCC[C@H]1[C@H]2C[C@H](CN(C(=O)c3ccc(C)n(CC)c3=O)C2)[C@@H]2CCCCN21. The van der Waals surface area contributed by atoms with Gasteiger partial charge in [0, 0.05) is 37.4 Å². The maximum Gasteiger partial charge on any atom is 0.263 e. The van der Waals surface area contributed by atoms with Crippen molar-refractivity contribution in [2.75, 3.05) is 19.6 Å². The van der Waals surface area contributed by atoms with Gasteiger partial charge in [-0.15, -0.1) is 0 Å². The highest BCUT2D eigenvalue weighted by molar-refractivity contribution is 5.94. The Bertz CT molecular complexity index is 787. The van der Waals surface area contributed by atoms with Gasteiger partial charge in [0.2, 0.25) is 0 Å². The fraction of sp³-hybridized carbons (Fsp3) is 0.739. The first-order chi connectivity index (χ1) is 13.5. The first-order valence-corrected chi connectivity index (χ1v) is 11.3. The molecule has 3 aliphatic heterocycles. The van der Waals surface area contributed by atoms with E-state index in [0.717, 1.165) is 18.8 Å². The van der Waals surface area contributed by atoms with Gasteiger partial charge < -0.3 is 9.47 Å². The van der Waals surface area contributed by atoms with E-state index in [1.165, 1.54) is 45.1 Å². The first-order valence-electron chi connectivity index (χ1n) is 11.3. The second kappa shape index (κ2) is 8.02. The Hall–Kier alpha value is -1.62. The normalized spacial score (nSPS) is 30.2. The summed E-state index contributed by atoms with van der Waals surface area (Å²) in [4.78, 5) is 31.0. The monoisotopic (exact) mass is 385 g/mol. The molecule has 4 rings (SSSR count). The molecule has 154 valence electrons. The van der Waals surface area contributed by atoms with E-state index >= 15 is 0 Å². The topological polar surface area (TPSA) is 45.6 Å². The van der Waals surface area contributed by atoms with Crippen LogP contribution in [0.4, 0.5) is 0 Å². The molecule has 28 heavy (non-hydrogen) atoms. The fourth-order valence-electron chi connectivity index (χ4n) is 6.16. The van der Waals surface area contributed by atoms with E-state index < -0.39 is 0 Å². The maximum absolute atomic E-state index is 13.4. The molecule has 0 N–H and O–H groups in total. The van der Waals surface area contributed by atoms with Gasteiger partial charge in [-0.05, 0) is 70.0 Å². The number of aryl methyl sites for hydroxylation is 1. The Morgan fingerprint density at radius 3 is 2.68 bits per heavy atom. The Balaban J connectivity index is 1.61. The van der Waals surface area contributed by atoms with Crippen LogP contribution in [0.3, 0.4) is 0 Å². The minimum absolute atomic E-state index is 0.0543. The minimum Gasteiger partial charge on any atom is -0.338 e. The van der Waals surface area contributed by atoms with E-state index in [0.29, 0.717) is 36.0 Å². The van der Waals surface area contributed by atoms with Crippen molar-refractivity contribution in [3.63, 3.8) is 0 Å². The second-order valence-corrected chi connectivity index (χ2v) is 9.06. The highest BCUT2D eigenvalue weighted by atomic mass is 16.2. The molecule has 0 unspecified atom stereocenters. The van der Waals surface area contributed by atoms with Crippen LogP contribution in [0, 0.1) is 18.8 Å². The van der Waals surface area contributed by atoms with Gasteiger partial charge in [-0.3, -0.25) is 14.5 Å². The molecule has 5 heteroatoms. The van der Waals surface area contributed by atoms with E-state index in [1.807, 2.05) is 24.8 Å². The third-order valence-corrected chi connectivity index (χ3v) is 7.43. The zero-order chi connectivity index (χ0) is 19.8. The van der Waals surface area contributed by atoms with Crippen molar-refractivity contribution in [3.05, 3.63) is 33.7 Å². The molecule has 2 bridgehead atoms. The number of nitrogens with zero attached hydrogens (tertiary/aromatic N) is 3. The van der Waals surface area contributed by atoms with Crippen molar-refractivity contribution in [2.24, 2.45) is 11.8 Å². The summed E-state index contributed by atoms with van der Waals surface area (Å²) in [6, 6.07) is 4.88. The molecule has 0 radical (unpaired) electrons. The molecule has 3 aliphatic rings. The molecule has 0 spiro atoms. The lowest BCUT2D eigenvalue weighted by Crippen LogP contribution is -2.64. The molecule has 1 aromatic heterocycles. The van der Waals surface area contributed by atoms with Crippen molar-refractivity contribution in [3.8, 4) is 0 Å². The predicted molar refractivity (Wildman–Crippen MR) is 112 cm³/mol. The third kappa shape index (κ3) is 3.32. The number of fused-ring (bicyclic) bond motifs is 4. The van der Waals surface area contributed by atoms with E-state index in [2.05, 4.69) is 11.8 Å². The van der Waals surface area contributed by atoms with Crippen LogP contribution in [0.25, 0.3) is 0 Å². The fourth-order valence-corrected chi connectivity index (χ4v) is 6.16. The summed E-state index contributed by atoms with van der Waals surface area (Å²) in [6.45, 7) is 9.62. The Morgan fingerprint density at radius 2 is 1.93 bits per heavy atom. The molecule has 3 fully saturated rings. The summed E-state index contributed by atoms with van der Waals surface area (Å²) in [6.07, 6.45) is 7.58. The molecule has 1 aromatic rings. The summed E-state index contributed by atoms with van der Waals surface area (Å²) in [5.41, 5.74) is 1.13. The average molecular weight is 386 g/mol. The number of carbonyl (C=O) groups excluding carboxylic acids is 1. The summed E-state index contributed by atoms with van der Waals surface area (Å²) in [7, 11) is 0. The molecule has 1 amide bonds. The highest BCUT2D eigenvalue weighted by Gasteiger charge is 2.47. The van der Waals surface area contributed by atoms with Gasteiger partial charge in [0.1, 0.15) is 5.56 Å². The number of likely N-dealkylation sites (tertiary alicyclic amines) is 1. The summed E-state index contributed by atoms with van der Waals surface area (Å²) in [5, 5.41) is 0. The van der Waals surface area contributed by atoms with E-state index in [1.54, 1.807) is 10.6 Å². The van der Waals surface area contributed by atoms with Crippen LogP contribution in [0.5, 0.6) is 0 Å². The number of hydrogen-bond donors (Lipinski definition) is 0. The Kier molecular flexibility index (Phi) is 5.64. The molecule has 5 nitrogen and oxygen atoms in total. The van der Waals surface area contributed by atoms with Crippen LogP contribution >= 0.6 is 0 Å². The van der Waals surface area contributed by atoms with Gasteiger partial charge in [0.15, 0.2) is 0 Å². The van der Waals surface area contributed by atoms with Crippen molar-refractivity contribution in [1.29, 1.82) is 0 Å². The van der Waals surface area contributed by atoms with E-state index in [4.69, 9.17) is 0 Å². The van der Waals surface area contributed by atoms with Crippen LogP contribution in [-0.2, 0) is 6.54 Å². The first kappa shape index (κ1) is 19.7. The smallest absolute Gasteiger partial charge is 0.263 e. The Labute approximate surface area is 168 Å². The zero-order valence-electron chi connectivity index (χ0n) is 17.7. The summed E-state index contributed by atoms with van der Waals surface area (Å²) < 4.78 is 1.71. The molecule has 3 saturated heterocycles. The predicted octanol–water partition coefficient (Wildman–Crippen LogP) is 3.29. The van der Waals surface area contributed by atoms with Crippen LogP contribution in [0.15, 0.2) is 16.9 Å². The standard InChI is InChI=1S/C23H35N3O2/c1-4-8-20-17-13-18(21-9-6-7-12-26(20)21)15-24(14-17)22(27)19-11-10-16(3)25(5-2)23(19)28/h10-11,17-18,20-21H,4-9,12-15H2,1-3H3/t17-,18+,20-,21-/m0/s1. The molecule has 4 atom stereocenters. The molecule has 0 aromatic carbocycles. The largest absolute Gasteiger partial charge is 0.338 e. The van der Waals surface area contributed by atoms with Gasteiger partial charge >= 0.3 is 0 Å². The second-order valence-electron chi connectivity index (χ2n) is 9.06. The zero-order valence-corrected chi connectivity index (χ0v) is 17.7. The van der Waals surface area contributed by atoms with Crippen LogP contribution in [0.1, 0.15) is 68.4 Å². The Morgan fingerprint density at radius 1 is 1.14 bits per heavy atom. The number of hydrogen-bond acceptors (Lipinski definition) is 3. The van der Waals surface area contributed by atoms with Crippen LogP contribution < -0.4 is 5.56 Å². The van der Waals surface area contributed by atoms with Gasteiger partial charge in [-0.25, -0.2) is 0 Å². The van der Waals surface area contributed by atoms with Crippen LogP contribution in [0.2, 0.25) is 0 Å². The number of carbonyl (C=O) groups is 1. The molecule has 0 saturated carbocycles. The third-order valence-electron chi connectivity index (χ3n) is 7.43. The summed E-state index contributed by atoms with van der Waals surface area (Å²) in [5.74, 6) is 1.06. The molecular weight excluding hydrogens is 350 g/mol. The van der Waals surface area contributed by atoms with Gasteiger partial charge in [-0.2, -0.15) is 0 Å². The van der Waals surface area contributed by atoms with Crippen molar-refractivity contribution < 1.29 is 4.79 Å². The number of rotatable bonds is 4. The summed E-state index contributed by atoms with van der Waals surface area (Å²) >= 11 is 0. The number of amides is 1. The lowest BCUT2D eigenvalue weighted by atomic mass is 9.71. The number of pyridine rings is 1. The average Bonchev–Trinajstić information content (AvgIpc) is 2.71. The lowest BCUT2D eigenvalue weighted by molar-refractivity contribution is -0.0671. The number of aromatic nitrogens is 1. The minimum atomic E-state index is -0.132. The van der Waals surface area contributed by atoms with Gasteiger partial charge in [0.25, 0.3) is 11.5 Å². The number of piperidine rings is 3. The highest BCUT2D eigenvalue weighted by Crippen LogP contribution is 2.42. The van der Waals surface area contributed by atoms with E-state index in [-0.39, 0.29) is 11.5 Å². The lowest BCUT2D eigenvalue weighted by Gasteiger charge is -2.57. The van der Waals surface area contributed by atoms with Gasteiger partial charge in [0.05, 0.1) is 0 Å².